The summed E-state index contributed by atoms with van der Waals surface area (Å²) >= 11 is 0. The summed E-state index contributed by atoms with van der Waals surface area (Å²) in [7, 11) is 0. The predicted molar refractivity (Wildman–Crippen MR) is 77.0 cm³/mol. The van der Waals surface area contributed by atoms with Crippen LogP contribution in [0.3, 0.4) is 0 Å². The SMILES string of the molecule is Cc1ccc2c(c1)CCCN2C1CCCC1CN. The van der Waals surface area contributed by atoms with Crippen LogP contribution in [0, 0.1) is 12.8 Å². The Balaban J connectivity index is 1.91. The second-order valence-corrected chi connectivity index (χ2v) is 5.92. The second-order valence-electron chi connectivity index (χ2n) is 5.92. The molecule has 0 aromatic heterocycles. The number of nitrogens with zero attached hydrogens (tertiary/aromatic N) is 1. The van der Waals surface area contributed by atoms with Gasteiger partial charge in [-0.25, -0.2) is 0 Å². The van der Waals surface area contributed by atoms with Crippen LogP contribution in [0.2, 0.25) is 0 Å². The van der Waals surface area contributed by atoms with Crippen LogP contribution in [-0.4, -0.2) is 19.1 Å². The lowest BCUT2D eigenvalue weighted by Gasteiger charge is -2.39. The Morgan fingerprint density at radius 3 is 3.00 bits per heavy atom. The molecule has 2 heteroatoms. The molecule has 2 atom stereocenters. The van der Waals surface area contributed by atoms with Crippen LogP contribution in [0.15, 0.2) is 18.2 Å². The van der Waals surface area contributed by atoms with Crippen LogP contribution in [0.5, 0.6) is 0 Å². The zero-order chi connectivity index (χ0) is 12.5. The maximum Gasteiger partial charge on any atom is 0.0401 e. The molecule has 0 radical (unpaired) electrons. The molecule has 2 N–H and O–H groups in total. The molecule has 1 aliphatic carbocycles. The van der Waals surface area contributed by atoms with Crippen molar-refractivity contribution in [3.63, 3.8) is 0 Å². The normalized spacial score (nSPS) is 27.3. The van der Waals surface area contributed by atoms with E-state index in [0.717, 1.165) is 6.54 Å². The summed E-state index contributed by atoms with van der Waals surface area (Å²) in [6.45, 7) is 4.26. The van der Waals surface area contributed by atoms with Crippen molar-refractivity contribution in [3.8, 4) is 0 Å². The topological polar surface area (TPSA) is 29.3 Å². The molecule has 0 bridgehead atoms. The summed E-state index contributed by atoms with van der Waals surface area (Å²) in [5, 5.41) is 0. The predicted octanol–water partition coefficient (Wildman–Crippen LogP) is 2.88. The van der Waals surface area contributed by atoms with Crippen LogP contribution < -0.4 is 10.6 Å². The van der Waals surface area contributed by atoms with Gasteiger partial charge >= 0.3 is 0 Å². The maximum atomic E-state index is 5.95. The van der Waals surface area contributed by atoms with E-state index in [4.69, 9.17) is 5.73 Å². The number of rotatable bonds is 2. The summed E-state index contributed by atoms with van der Waals surface area (Å²) in [5.74, 6) is 0.706. The van der Waals surface area contributed by atoms with Crippen LogP contribution in [0.4, 0.5) is 5.69 Å². The van der Waals surface area contributed by atoms with Gasteiger partial charge in [-0.15, -0.1) is 0 Å². The first-order valence-corrected chi connectivity index (χ1v) is 7.36. The lowest BCUT2D eigenvalue weighted by Crippen LogP contribution is -2.43. The molecule has 2 nitrogen and oxygen atoms in total. The molecule has 98 valence electrons. The van der Waals surface area contributed by atoms with Gasteiger partial charge in [0.15, 0.2) is 0 Å². The Labute approximate surface area is 110 Å². The van der Waals surface area contributed by atoms with E-state index in [1.165, 1.54) is 49.9 Å². The van der Waals surface area contributed by atoms with Gasteiger partial charge < -0.3 is 10.6 Å². The minimum Gasteiger partial charge on any atom is -0.368 e. The van der Waals surface area contributed by atoms with E-state index in [9.17, 15) is 0 Å². The van der Waals surface area contributed by atoms with Gasteiger partial charge in [-0.05, 0) is 56.7 Å². The van der Waals surface area contributed by atoms with Gasteiger partial charge in [0.1, 0.15) is 0 Å². The molecule has 3 rings (SSSR count). The van der Waals surface area contributed by atoms with Crippen molar-refractivity contribution in [1.29, 1.82) is 0 Å². The summed E-state index contributed by atoms with van der Waals surface area (Å²) < 4.78 is 0. The molecule has 1 fully saturated rings. The highest BCUT2D eigenvalue weighted by Gasteiger charge is 2.33. The first-order chi connectivity index (χ1) is 8.79. The molecule has 0 amide bonds. The van der Waals surface area contributed by atoms with E-state index in [1.54, 1.807) is 5.56 Å². The fourth-order valence-electron chi connectivity index (χ4n) is 3.80. The van der Waals surface area contributed by atoms with Gasteiger partial charge in [0, 0.05) is 18.3 Å². The van der Waals surface area contributed by atoms with Crippen LogP contribution in [0.25, 0.3) is 0 Å². The number of hydrogen-bond donors (Lipinski definition) is 1. The smallest absolute Gasteiger partial charge is 0.0401 e. The zero-order valence-electron chi connectivity index (χ0n) is 11.4. The molecule has 0 spiro atoms. The van der Waals surface area contributed by atoms with Gasteiger partial charge in [0.2, 0.25) is 0 Å². The Bertz CT molecular complexity index is 427. The third-order valence-electron chi connectivity index (χ3n) is 4.71. The van der Waals surface area contributed by atoms with Gasteiger partial charge in [-0.1, -0.05) is 24.1 Å². The molecule has 1 aliphatic heterocycles. The summed E-state index contributed by atoms with van der Waals surface area (Å²) in [6.07, 6.45) is 6.54. The van der Waals surface area contributed by atoms with Crippen molar-refractivity contribution < 1.29 is 0 Å². The Kier molecular flexibility index (Phi) is 3.29. The van der Waals surface area contributed by atoms with Crippen LogP contribution in [-0.2, 0) is 6.42 Å². The fourth-order valence-corrected chi connectivity index (χ4v) is 3.80. The van der Waals surface area contributed by atoms with Gasteiger partial charge in [-0.2, -0.15) is 0 Å². The van der Waals surface area contributed by atoms with E-state index in [1.807, 2.05) is 0 Å². The number of aryl methyl sites for hydroxylation is 2. The van der Waals surface area contributed by atoms with Crippen LogP contribution in [0.1, 0.15) is 36.8 Å². The summed E-state index contributed by atoms with van der Waals surface area (Å²) in [4.78, 5) is 2.66. The van der Waals surface area contributed by atoms with E-state index in [2.05, 4.69) is 30.0 Å². The van der Waals surface area contributed by atoms with Gasteiger partial charge in [0.05, 0.1) is 0 Å². The zero-order valence-corrected chi connectivity index (χ0v) is 11.4. The summed E-state index contributed by atoms with van der Waals surface area (Å²) in [5.41, 5.74) is 10.4. The molecule has 1 saturated carbocycles. The van der Waals surface area contributed by atoms with E-state index < -0.39 is 0 Å². The number of nitrogens with two attached hydrogens (primary N) is 1. The van der Waals surface area contributed by atoms with E-state index in [0.29, 0.717) is 12.0 Å². The highest BCUT2D eigenvalue weighted by atomic mass is 15.2. The monoisotopic (exact) mass is 244 g/mol. The average Bonchev–Trinajstić information content (AvgIpc) is 2.85. The van der Waals surface area contributed by atoms with Crippen molar-refractivity contribution in [2.24, 2.45) is 11.7 Å². The van der Waals surface area contributed by atoms with Crippen molar-refractivity contribution in [2.75, 3.05) is 18.0 Å². The minimum absolute atomic E-state index is 0.691. The number of anilines is 1. The first kappa shape index (κ1) is 12.0. The second kappa shape index (κ2) is 4.93. The third kappa shape index (κ3) is 2.03. The van der Waals surface area contributed by atoms with Crippen LogP contribution >= 0.6 is 0 Å². The number of benzene rings is 1. The molecule has 1 aromatic rings. The quantitative estimate of drug-likeness (QED) is 0.867. The average molecular weight is 244 g/mol. The van der Waals surface area contributed by atoms with E-state index in [-0.39, 0.29) is 0 Å². The number of hydrogen-bond acceptors (Lipinski definition) is 2. The van der Waals surface area contributed by atoms with Crippen molar-refractivity contribution in [2.45, 2.75) is 45.1 Å². The Morgan fingerprint density at radius 2 is 2.17 bits per heavy atom. The lowest BCUT2D eigenvalue weighted by molar-refractivity contribution is 0.447. The maximum absolute atomic E-state index is 5.95. The molecular weight excluding hydrogens is 220 g/mol. The third-order valence-corrected chi connectivity index (χ3v) is 4.71. The first-order valence-electron chi connectivity index (χ1n) is 7.36. The molecule has 1 aromatic carbocycles. The minimum atomic E-state index is 0.691. The van der Waals surface area contributed by atoms with Crippen molar-refractivity contribution >= 4 is 5.69 Å². The van der Waals surface area contributed by atoms with Gasteiger partial charge in [-0.3, -0.25) is 0 Å². The highest BCUT2D eigenvalue weighted by Crippen LogP contribution is 2.37. The molecule has 1 heterocycles. The highest BCUT2D eigenvalue weighted by molar-refractivity contribution is 5.57. The Hall–Kier alpha value is -1.02. The van der Waals surface area contributed by atoms with Crippen molar-refractivity contribution in [1.82, 2.24) is 0 Å². The molecule has 0 saturated heterocycles. The molecule has 18 heavy (non-hydrogen) atoms. The molecule has 2 unspecified atom stereocenters. The molecular formula is C16H24N2. The van der Waals surface area contributed by atoms with Gasteiger partial charge in [0.25, 0.3) is 0 Å². The Morgan fingerprint density at radius 1 is 1.28 bits per heavy atom. The molecule has 2 aliphatic rings. The van der Waals surface area contributed by atoms with E-state index >= 15 is 0 Å². The number of fused-ring (bicyclic) bond motifs is 1. The fraction of sp³-hybridized carbons (Fsp3) is 0.625. The largest absolute Gasteiger partial charge is 0.368 e. The lowest BCUT2D eigenvalue weighted by atomic mass is 9.94. The van der Waals surface area contributed by atoms with Crippen molar-refractivity contribution in [3.05, 3.63) is 29.3 Å². The summed E-state index contributed by atoms with van der Waals surface area (Å²) in [6, 6.07) is 7.64. The standard InChI is InChI=1S/C16H24N2/c1-12-7-8-16-13(10-12)5-3-9-18(16)15-6-2-4-14(15)11-17/h7-8,10,14-15H,2-6,9,11,17H2,1H3.